The third kappa shape index (κ3) is 3.81. The molecule has 0 spiro atoms. The van der Waals surface area contributed by atoms with Crippen molar-refractivity contribution in [3.8, 4) is 5.75 Å². The molecular formula is C16H21NO2S. The van der Waals surface area contributed by atoms with Gasteiger partial charge < -0.3 is 9.84 Å². The molecule has 0 unspecified atom stereocenters. The Morgan fingerprint density at radius 2 is 2.05 bits per heavy atom. The van der Waals surface area contributed by atoms with Crippen LogP contribution in [0.25, 0.3) is 0 Å². The van der Waals surface area contributed by atoms with Gasteiger partial charge in [0.05, 0.1) is 22.1 Å². The summed E-state index contributed by atoms with van der Waals surface area (Å²) in [6.07, 6.45) is 2.51. The molecule has 2 aromatic rings. The van der Waals surface area contributed by atoms with Gasteiger partial charge in [-0.3, -0.25) is 0 Å². The normalized spacial score (nSPS) is 11.7. The molecule has 0 aliphatic carbocycles. The van der Waals surface area contributed by atoms with Crippen LogP contribution < -0.4 is 4.74 Å². The van der Waals surface area contributed by atoms with Crippen LogP contribution in [0.1, 0.15) is 34.9 Å². The van der Waals surface area contributed by atoms with E-state index in [1.807, 2.05) is 6.07 Å². The monoisotopic (exact) mass is 291 g/mol. The molecule has 0 saturated heterocycles. The number of aliphatic hydroxyl groups is 1. The summed E-state index contributed by atoms with van der Waals surface area (Å²) < 4.78 is 5.79. The van der Waals surface area contributed by atoms with Gasteiger partial charge in [-0.2, -0.15) is 0 Å². The molecule has 1 heterocycles. The van der Waals surface area contributed by atoms with Crippen molar-refractivity contribution in [3.05, 3.63) is 45.4 Å². The fourth-order valence-corrected chi connectivity index (χ4v) is 2.82. The zero-order valence-electron chi connectivity index (χ0n) is 12.4. The van der Waals surface area contributed by atoms with Gasteiger partial charge in [0.1, 0.15) is 5.75 Å². The highest BCUT2D eigenvalue weighted by atomic mass is 32.1. The van der Waals surface area contributed by atoms with Crippen molar-refractivity contribution >= 4 is 11.3 Å². The maximum atomic E-state index is 9.91. The first kappa shape index (κ1) is 15.0. The largest absolute Gasteiger partial charge is 0.493 e. The minimum Gasteiger partial charge on any atom is -0.493 e. The Morgan fingerprint density at radius 1 is 1.30 bits per heavy atom. The van der Waals surface area contributed by atoms with Gasteiger partial charge in [-0.1, -0.05) is 17.7 Å². The molecule has 108 valence electrons. The summed E-state index contributed by atoms with van der Waals surface area (Å²) >= 11 is 1.54. The lowest BCUT2D eigenvalue weighted by Crippen LogP contribution is -2.12. The smallest absolute Gasteiger partial charge is 0.122 e. The molecule has 1 N–H and O–H groups in total. The Hall–Kier alpha value is -1.39. The molecule has 0 amide bonds. The zero-order valence-corrected chi connectivity index (χ0v) is 13.3. The first-order valence-electron chi connectivity index (χ1n) is 6.74. The Morgan fingerprint density at radius 3 is 2.65 bits per heavy atom. The van der Waals surface area contributed by atoms with E-state index >= 15 is 0 Å². The van der Waals surface area contributed by atoms with Crippen LogP contribution in [0.4, 0.5) is 0 Å². The first-order chi connectivity index (χ1) is 9.36. The predicted molar refractivity (Wildman–Crippen MR) is 82.5 cm³/mol. The van der Waals surface area contributed by atoms with Crippen molar-refractivity contribution < 1.29 is 9.84 Å². The topological polar surface area (TPSA) is 42.4 Å². The van der Waals surface area contributed by atoms with Gasteiger partial charge in [-0.25, -0.2) is 4.98 Å². The molecule has 0 fully saturated rings. The number of ether oxygens (including phenoxy) is 1. The van der Waals surface area contributed by atoms with E-state index in [9.17, 15) is 5.11 Å². The summed E-state index contributed by atoms with van der Waals surface area (Å²) in [5.41, 5.74) is 1.58. The fraction of sp³-hybridized carbons (Fsp3) is 0.438. The van der Waals surface area contributed by atoms with E-state index in [1.54, 1.807) is 31.4 Å². The quantitative estimate of drug-likeness (QED) is 0.915. The number of hydrogen-bond donors (Lipinski definition) is 1. The van der Waals surface area contributed by atoms with Crippen molar-refractivity contribution in [2.24, 2.45) is 0 Å². The van der Waals surface area contributed by atoms with Crippen LogP contribution in [0.2, 0.25) is 0 Å². The standard InChI is InChI=1S/C16H21NO2S/c1-11-5-6-13(12(2)9-11)19-8-7-15-17-10-14(20-15)16(3,4)18/h5-6,9-10,18H,7-8H2,1-4H3. The third-order valence-electron chi connectivity index (χ3n) is 3.06. The summed E-state index contributed by atoms with van der Waals surface area (Å²) in [5.74, 6) is 0.926. The average Bonchev–Trinajstić information content (AvgIpc) is 2.80. The Bertz CT molecular complexity index is 584. The molecule has 0 bridgehead atoms. The highest BCUT2D eigenvalue weighted by Crippen LogP contribution is 2.26. The predicted octanol–water partition coefficient (Wildman–Crippen LogP) is 3.61. The first-order valence-corrected chi connectivity index (χ1v) is 7.55. The molecule has 0 atom stereocenters. The summed E-state index contributed by atoms with van der Waals surface area (Å²) in [6.45, 7) is 8.28. The van der Waals surface area contributed by atoms with E-state index in [0.29, 0.717) is 6.61 Å². The van der Waals surface area contributed by atoms with Crippen molar-refractivity contribution in [2.45, 2.75) is 39.7 Å². The molecule has 20 heavy (non-hydrogen) atoms. The van der Waals surface area contributed by atoms with Crippen LogP contribution in [0.5, 0.6) is 5.75 Å². The number of hydrogen-bond acceptors (Lipinski definition) is 4. The average molecular weight is 291 g/mol. The van der Waals surface area contributed by atoms with Crippen LogP contribution in [0.3, 0.4) is 0 Å². The lowest BCUT2D eigenvalue weighted by Gasteiger charge is -2.13. The van der Waals surface area contributed by atoms with Crippen molar-refractivity contribution in [3.63, 3.8) is 0 Å². The SMILES string of the molecule is Cc1ccc(OCCc2ncc(C(C)(C)O)s2)c(C)c1. The van der Waals surface area contributed by atoms with Crippen molar-refractivity contribution in [1.82, 2.24) is 4.98 Å². The summed E-state index contributed by atoms with van der Waals surface area (Å²) in [5, 5.41) is 10.9. The highest BCUT2D eigenvalue weighted by Gasteiger charge is 2.19. The van der Waals surface area contributed by atoms with Crippen molar-refractivity contribution in [1.29, 1.82) is 0 Å². The van der Waals surface area contributed by atoms with E-state index in [1.165, 1.54) is 5.56 Å². The Balaban J connectivity index is 1.91. The van der Waals surface area contributed by atoms with E-state index in [-0.39, 0.29) is 0 Å². The van der Waals surface area contributed by atoms with Gasteiger partial charge in [0.2, 0.25) is 0 Å². The maximum Gasteiger partial charge on any atom is 0.122 e. The molecule has 0 aliphatic heterocycles. The third-order valence-corrected chi connectivity index (χ3v) is 4.43. The van der Waals surface area contributed by atoms with Crippen LogP contribution >= 0.6 is 11.3 Å². The van der Waals surface area contributed by atoms with E-state index in [0.717, 1.165) is 27.6 Å². The highest BCUT2D eigenvalue weighted by molar-refractivity contribution is 7.11. The van der Waals surface area contributed by atoms with Crippen LogP contribution in [-0.2, 0) is 12.0 Å². The van der Waals surface area contributed by atoms with Crippen molar-refractivity contribution in [2.75, 3.05) is 6.61 Å². The summed E-state index contributed by atoms with van der Waals surface area (Å²) in [4.78, 5) is 5.22. The van der Waals surface area contributed by atoms with Crippen LogP contribution in [0, 0.1) is 13.8 Å². The molecule has 0 radical (unpaired) electrons. The van der Waals surface area contributed by atoms with Crippen LogP contribution in [-0.4, -0.2) is 16.7 Å². The number of aryl methyl sites for hydroxylation is 2. The second-order valence-corrected chi connectivity index (χ2v) is 6.66. The minimum absolute atomic E-state index is 0.600. The number of thiazole rings is 1. The molecule has 0 saturated carbocycles. The second-order valence-electron chi connectivity index (χ2n) is 5.54. The number of benzene rings is 1. The van der Waals surface area contributed by atoms with Gasteiger partial charge in [0, 0.05) is 12.6 Å². The van der Waals surface area contributed by atoms with Gasteiger partial charge >= 0.3 is 0 Å². The van der Waals surface area contributed by atoms with Gasteiger partial charge in [-0.15, -0.1) is 11.3 Å². The van der Waals surface area contributed by atoms with Crippen LogP contribution in [0.15, 0.2) is 24.4 Å². The van der Waals surface area contributed by atoms with E-state index in [2.05, 4.69) is 31.0 Å². The maximum absolute atomic E-state index is 9.91. The molecule has 3 nitrogen and oxygen atoms in total. The van der Waals surface area contributed by atoms with Gasteiger partial charge in [0.15, 0.2) is 0 Å². The summed E-state index contributed by atoms with van der Waals surface area (Å²) in [7, 11) is 0. The number of rotatable bonds is 5. The molecule has 2 rings (SSSR count). The molecule has 4 heteroatoms. The lowest BCUT2D eigenvalue weighted by molar-refractivity contribution is 0.0823. The second kappa shape index (κ2) is 5.94. The van der Waals surface area contributed by atoms with E-state index < -0.39 is 5.60 Å². The zero-order chi connectivity index (χ0) is 14.8. The molecule has 1 aromatic heterocycles. The summed E-state index contributed by atoms with van der Waals surface area (Å²) in [6, 6.07) is 6.18. The molecular weight excluding hydrogens is 270 g/mol. The lowest BCUT2D eigenvalue weighted by atomic mass is 10.1. The fourth-order valence-electron chi connectivity index (χ4n) is 1.92. The molecule has 0 aliphatic rings. The Labute approximate surface area is 124 Å². The minimum atomic E-state index is -0.815. The Kier molecular flexibility index (Phi) is 4.45. The van der Waals surface area contributed by atoms with Gasteiger partial charge in [-0.05, 0) is 39.3 Å². The van der Waals surface area contributed by atoms with E-state index in [4.69, 9.17) is 4.74 Å². The van der Waals surface area contributed by atoms with Gasteiger partial charge in [0.25, 0.3) is 0 Å². The number of nitrogens with zero attached hydrogens (tertiary/aromatic N) is 1. The molecule has 1 aromatic carbocycles. The number of aromatic nitrogens is 1.